The van der Waals surface area contributed by atoms with Crippen molar-refractivity contribution in [3.8, 4) is 0 Å². The second-order valence-corrected chi connectivity index (χ2v) is 6.40. The van der Waals surface area contributed by atoms with Crippen LogP contribution in [-0.2, 0) is 11.2 Å². The summed E-state index contributed by atoms with van der Waals surface area (Å²) in [6.07, 6.45) is 7.66. The van der Waals surface area contributed by atoms with E-state index in [9.17, 15) is 4.79 Å². The van der Waals surface area contributed by atoms with Crippen molar-refractivity contribution in [2.24, 2.45) is 5.73 Å². The molecule has 1 fully saturated rings. The van der Waals surface area contributed by atoms with Crippen LogP contribution in [0.15, 0.2) is 24.3 Å². The molecule has 0 bridgehead atoms. The first-order chi connectivity index (χ1) is 10.3. The predicted molar refractivity (Wildman–Crippen MR) is 85.1 cm³/mol. The summed E-state index contributed by atoms with van der Waals surface area (Å²) in [5, 5.41) is 0. The highest BCUT2D eigenvalue weighted by atomic mass is 16.2. The second kappa shape index (κ2) is 6.61. The van der Waals surface area contributed by atoms with Gasteiger partial charge in [-0.25, -0.2) is 0 Å². The molecule has 1 amide bonds. The monoisotopic (exact) mass is 286 g/mol. The van der Waals surface area contributed by atoms with Gasteiger partial charge in [0.05, 0.1) is 5.92 Å². The van der Waals surface area contributed by atoms with Crippen LogP contribution in [-0.4, -0.2) is 29.9 Å². The summed E-state index contributed by atoms with van der Waals surface area (Å²) in [6.45, 7) is 1.66. The summed E-state index contributed by atoms with van der Waals surface area (Å²) >= 11 is 0. The summed E-state index contributed by atoms with van der Waals surface area (Å²) < 4.78 is 0. The van der Waals surface area contributed by atoms with Gasteiger partial charge in [-0.2, -0.15) is 0 Å². The van der Waals surface area contributed by atoms with Crippen LogP contribution in [0.5, 0.6) is 0 Å². The fourth-order valence-electron chi connectivity index (χ4n) is 3.99. The van der Waals surface area contributed by atoms with Gasteiger partial charge in [-0.1, -0.05) is 24.3 Å². The summed E-state index contributed by atoms with van der Waals surface area (Å²) in [6, 6.07) is 8.92. The lowest BCUT2D eigenvalue weighted by Crippen LogP contribution is -2.40. The van der Waals surface area contributed by atoms with Crippen LogP contribution in [0.2, 0.25) is 0 Å². The van der Waals surface area contributed by atoms with Crippen LogP contribution >= 0.6 is 0 Å². The summed E-state index contributed by atoms with van der Waals surface area (Å²) in [5.74, 6) is 0.454. The Kier molecular flexibility index (Phi) is 4.59. The highest BCUT2D eigenvalue weighted by molar-refractivity contribution is 5.85. The van der Waals surface area contributed by atoms with Gasteiger partial charge in [0.25, 0.3) is 0 Å². The van der Waals surface area contributed by atoms with Gasteiger partial charge in [-0.05, 0) is 62.6 Å². The molecule has 0 radical (unpaired) electrons. The van der Waals surface area contributed by atoms with E-state index < -0.39 is 0 Å². The first-order valence-corrected chi connectivity index (χ1v) is 8.39. The SMILES string of the molecule is NCCCC1CCCN1C(=O)C1CCCc2ccccc21. The van der Waals surface area contributed by atoms with Crippen molar-refractivity contribution < 1.29 is 4.79 Å². The Bertz CT molecular complexity index is 500. The standard InChI is InChI=1S/C18H26N2O/c19-12-4-8-15-9-5-13-20(15)18(21)17-11-3-7-14-6-1-2-10-16(14)17/h1-2,6,10,15,17H,3-5,7-9,11-13,19H2. The topological polar surface area (TPSA) is 46.3 Å². The maximum atomic E-state index is 13.0. The molecular formula is C18H26N2O. The van der Waals surface area contributed by atoms with E-state index in [0.29, 0.717) is 11.9 Å². The quantitative estimate of drug-likeness (QED) is 0.925. The molecule has 1 aromatic rings. The minimum atomic E-state index is 0.0911. The van der Waals surface area contributed by atoms with E-state index in [4.69, 9.17) is 5.73 Å². The van der Waals surface area contributed by atoms with Crippen molar-refractivity contribution in [2.45, 2.75) is 56.9 Å². The molecule has 0 saturated carbocycles. The van der Waals surface area contributed by atoms with Gasteiger partial charge in [0.15, 0.2) is 0 Å². The fourth-order valence-corrected chi connectivity index (χ4v) is 3.99. The van der Waals surface area contributed by atoms with Crippen LogP contribution in [0.3, 0.4) is 0 Å². The number of hydrogen-bond donors (Lipinski definition) is 1. The third-order valence-electron chi connectivity index (χ3n) is 5.07. The van der Waals surface area contributed by atoms with Gasteiger partial charge in [0, 0.05) is 12.6 Å². The normalized spacial score (nSPS) is 24.9. The number of carbonyl (C=O) groups excluding carboxylic acids is 1. The maximum Gasteiger partial charge on any atom is 0.230 e. The molecule has 2 atom stereocenters. The zero-order chi connectivity index (χ0) is 14.7. The molecule has 1 saturated heterocycles. The number of rotatable bonds is 4. The van der Waals surface area contributed by atoms with Crippen molar-refractivity contribution in [1.29, 1.82) is 0 Å². The molecule has 1 aliphatic carbocycles. The summed E-state index contributed by atoms with van der Waals surface area (Å²) in [4.78, 5) is 15.2. The maximum absolute atomic E-state index is 13.0. The Labute approximate surface area is 127 Å². The van der Waals surface area contributed by atoms with Gasteiger partial charge in [0.2, 0.25) is 5.91 Å². The van der Waals surface area contributed by atoms with Crippen LogP contribution in [0.1, 0.15) is 55.6 Å². The molecular weight excluding hydrogens is 260 g/mol. The molecule has 3 nitrogen and oxygen atoms in total. The largest absolute Gasteiger partial charge is 0.339 e. The van der Waals surface area contributed by atoms with Crippen LogP contribution < -0.4 is 5.73 Å². The van der Waals surface area contributed by atoms with Crippen LogP contribution in [0, 0.1) is 0 Å². The van der Waals surface area contributed by atoms with Crippen molar-refractivity contribution in [3.63, 3.8) is 0 Å². The van der Waals surface area contributed by atoms with Gasteiger partial charge in [0.1, 0.15) is 0 Å². The number of benzene rings is 1. The molecule has 1 aliphatic heterocycles. The molecule has 2 aliphatic rings. The molecule has 1 aromatic carbocycles. The van der Waals surface area contributed by atoms with E-state index in [2.05, 4.69) is 29.2 Å². The Morgan fingerprint density at radius 1 is 1.24 bits per heavy atom. The van der Waals surface area contributed by atoms with E-state index >= 15 is 0 Å². The minimum absolute atomic E-state index is 0.0911. The number of nitrogens with two attached hydrogens (primary N) is 1. The van der Waals surface area contributed by atoms with Gasteiger partial charge in [-0.3, -0.25) is 4.79 Å². The Morgan fingerprint density at radius 3 is 2.95 bits per heavy atom. The highest BCUT2D eigenvalue weighted by Gasteiger charge is 2.35. The zero-order valence-electron chi connectivity index (χ0n) is 12.8. The first-order valence-electron chi connectivity index (χ1n) is 8.39. The smallest absolute Gasteiger partial charge is 0.230 e. The third-order valence-corrected chi connectivity index (χ3v) is 5.07. The van der Waals surface area contributed by atoms with Gasteiger partial charge >= 0.3 is 0 Å². The predicted octanol–water partition coefficient (Wildman–Crippen LogP) is 2.84. The molecule has 2 N–H and O–H groups in total. The van der Waals surface area contributed by atoms with E-state index in [0.717, 1.165) is 58.0 Å². The summed E-state index contributed by atoms with van der Waals surface area (Å²) in [5.41, 5.74) is 8.28. The Morgan fingerprint density at radius 2 is 2.10 bits per heavy atom. The summed E-state index contributed by atoms with van der Waals surface area (Å²) in [7, 11) is 0. The van der Waals surface area contributed by atoms with Gasteiger partial charge in [-0.15, -0.1) is 0 Å². The molecule has 3 heteroatoms. The number of aryl methyl sites for hydroxylation is 1. The third kappa shape index (κ3) is 2.98. The molecule has 2 unspecified atom stereocenters. The lowest BCUT2D eigenvalue weighted by Gasteiger charge is -2.32. The Balaban J connectivity index is 1.76. The van der Waals surface area contributed by atoms with E-state index in [1.165, 1.54) is 11.1 Å². The zero-order valence-corrected chi connectivity index (χ0v) is 12.8. The number of nitrogens with zero attached hydrogens (tertiary/aromatic N) is 1. The number of likely N-dealkylation sites (tertiary alicyclic amines) is 1. The number of fused-ring (bicyclic) bond motifs is 1. The van der Waals surface area contributed by atoms with E-state index in [-0.39, 0.29) is 5.92 Å². The number of carbonyl (C=O) groups is 1. The molecule has 21 heavy (non-hydrogen) atoms. The highest BCUT2D eigenvalue weighted by Crippen LogP contribution is 2.35. The lowest BCUT2D eigenvalue weighted by atomic mass is 9.82. The van der Waals surface area contributed by atoms with E-state index in [1.54, 1.807) is 0 Å². The molecule has 3 rings (SSSR count). The van der Waals surface area contributed by atoms with Crippen LogP contribution in [0.4, 0.5) is 0 Å². The van der Waals surface area contributed by atoms with Crippen molar-refractivity contribution in [2.75, 3.05) is 13.1 Å². The van der Waals surface area contributed by atoms with Crippen molar-refractivity contribution >= 4 is 5.91 Å². The first kappa shape index (κ1) is 14.6. The van der Waals surface area contributed by atoms with Crippen LogP contribution in [0.25, 0.3) is 0 Å². The molecule has 0 aromatic heterocycles. The lowest BCUT2D eigenvalue weighted by molar-refractivity contribution is -0.134. The average Bonchev–Trinajstić information content (AvgIpc) is 3.00. The Hall–Kier alpha value is -1.35. The minimum Gasteiger partial charge on any atom is -0.339 e. The molecule has 1 heterocycles. The van der Waals surface area contributed by atoms with Crippen molar-refractivity contribution in [1.82, 2.24) is 4.90 Å². The molecule has 114 valence electrons. The second-order valence-electron chi connectivity index (χ2n) is 6.40. The average molecular weight is 286 g/mol. The fraction of sp³-hybridized carbons (Fsp3) is 0.611. The number of hydrogen-bond acceptors (Lipinski definition) is 2. The van der Waals surface area contributed by atoms with Gasteiger partial charge < -0.3 is 10.6 Å². The number of amides is 1. The van der Waals surface area contributed by atoms with E-state index in [1.807, 2.05) is 0 Å². The van der Waals surface area contributed by atoms with Crippen molar-refractivity contribution in [3.05, 3.63) is 35.4 Å². The molecule has 0 spiro atoms.